The SMILES string of the molecule is Cc1cccnc1CNC(=O)C1CCNC1.Cl.Cl. The van der Waals surface area contributed by atoms with Crippen LogP contribution in [0.4, 0.5) is 0 Å². The van der Waals surface area contributed by atoms with Gasteiger partial charge in [0.25, 0.3) is 0 Å². The second kappa shape index (κ2) is 8.29. The Labute approximate surface area is 120 Å². The van der Waals surface area contributed by atoms with Gasteiger partial charge in [-0.15, -0.1) is 24.8 Å². The fourth-order valence-electron chi connectivity index (χ4n) is 1.90. The number of aromatic nitrogens is 1. The molecule has 6 heteroatoms. The number of halogens is 2. The maximum atomic E-state index is 11.8. The molecule has 1 amide bonds. The lowest BCUT2D eigenvalue weighted by Crippen LogP contribution is -2.31. The van der Waals surface area contributed by atoms with Crippen molar-refractivity contribution in [3.63, 3.8) is 0 Å². The van der Waals surface area contributed by atoms with Crippen molar-refractivity contribution in [2.24, 2.45) is 5.92 Å². The normalized spacial score (nSPS) is 17.5. The highest BCUT2D eigenvalue weighted by Crippen LogP contribution is 2.08. The van der Waals surface area contributed by atoms with Gasteiger partial charge in [0.1, 0.15) is 0 Å². The molecule has 1 unspecified atom stereocenters. The highest BCUT2D eigenvalue weighted by molar-refractivity contribution is 5.85. The first-order chi connectivity index (χ1) is 7.77. The Morgan fingerprint density at radius 3 is 2.94 bits per heavy atom. The molecule has 4 nitrogen and oxygen atoms in total. The van der Waals surface area contributed by atoms with Crippen LogP contribution in [0.3, 0.4) is 0 Å². The molecule has 102 valence electrons. The smallest absolute Gasteiger partial charge is 0.224 e. The zero-order valence-corrected chi connectivity index (χ0v) is 11.9. The van der Waals surface area contributed by atoms with Crippen LogP contribution in [0.2, 0.25) is 0 Å². The van der Waals surface area contributed by atoms with Crippen LogP contribution >= 0.6 is 24.8 Å². The lowest BCUT2D eigenvalue weighted by molar-refractivity contribution is -0.124. The van der Waals surface area contributed by atoms with Crippen molar-refractivity contribution in [1.29, 1.82) is 0 Å². The van der Waals surface area contributed by atoms with Crippen molar-refractivity contribution >= 4 is 30.7 Å². The highest BCUT2D eigenvalue weighted by Gasteiger charge is 2.21. The van der Waals surface area contributed by atoms with E-state index in [4.69, 9.17) is 0 Å². The van der Waals surface area contributed by atoms with Crippen molar-refractivity contribution in [3.8, 4) is 0 Å². The van der Waals surface area contributed by atoms with Gasteiger partial charge < -0.3 is 10.6 Å². The summed E-state index contributed by atoms with van der Waals surface area (Å²) in [6.07, 6.45) is 2.69. The zero-order valence-electron chi connectivity index (χ0n) is 10.3. The van der Waals surface area contributed by atoms with Crippen LogP contribution in [0.1, 0.15) is 17.7 Å². The van der Waals surface area contributed by atoms with E-state index in [1.807, 2.05) is 19.1 Å². The number of hydrogen-bond acceptors (Lipinski definition) is 3. The summed E-state index contributed by atoms with van der Waals surface area (Å²) in [5, 5.41) is 6.13. The molecule has 0 radical (unpaired) electrons. The van der Waals surface area contributed by atoms with Gasteiger partial charge in [0.05, 0.1) is 18.2 Å². The number of carbonyl (C=O) groups is 1. The van der Waals surface area contributed by atoms with E-state index in [-0.39, 0.29) is 36.6 Å². The van der Waals surface area contributed by atoms with E-state index in [1.165, 1.54) is 0 Å². The van der Waals surface area contributed by atoms with Crippen LogP contribution < -0.4 is 10.6 Å². The van der Waals surface area contributed by atoms with E-state index in [9.17, 15) is 4.79 Å². The molecule has 1 aliphatic rings. The monoisotopic (exact) mass is 291 g/mol. The Hall–Kier alpha value is -0.840. The van der Waals surface area contributed by atoms with E-state index in [0.717, 1.165) is 30.8 Å². The molecule has 2 rings (SSSR count). The molecule has 1 aromatic rings. The summed E-state index contributed by atoms with van der Waals surface area (Å²) >= 11 is 0. The Morgan fingerprint density at radius 1 is 1.56 bits per heavy atom. The van der Waals surface area contributed by atoms with Crippen molar-refractivity contribution in [2.75, 3.05) is 13.1 Å². The third-order valence-corrected chi connectivity index (χ3v) is 2.98. The van der Waals surface area contributed by atoms with E-state index in [0.29, 0.717) is 6.54 Å². The molecule has 0 bridgehead atoms. The molecular formula is C12H19Cl2N3O. The van der Waals surface area contributed by atoms with Gasteiger partial charge >= 0.3 is 0 Å². The molecule has 1 saturated heterocycles. The molecule has 18 heavy (non-hydrogen) atoms. The van der Waals surface area contributed by atoms with Gasteiger partial charge in [-0.2, -0.15) is 0 Å². The van der Waals surface area contributed by atoms with E-state index in [1.54, 1.807) is 6.20 Å². The Kier molecular flexibility index (Phi) is 7.91. The predicted molar refractivity (Wildman–Crippen MR) is 76.3 cm³/mol. The Balaban J connectivity index is 0.00000144. The van der Waals surface area contributed by atoms with Crippen LogP contribution in [0.25, 0.3) is 0 Å². The van der Waals surface area contributed by atoms with Crippen molar-refractivity contribution in [3.05, 3.63) is 29.6 Å². The number of pyridine rings is 1. The van der Waals surface area contributed by atoms with E-state index >= 15 is 0 Å². The molecule has 1 fully saturated rings. The molecule has 0 aromatic carbocycles. The average Bonchev–Trinajstić information content (AvgIpc) is 2.81. The van der Waals surface area contributed by atoms with Gasteiger partial charge in [0.2, 0.25) is 5.91 Å². The van der Waals surface area contributed by atoms with Crippen molar-refractivity contribution in [2.45, 2.75) is 19.9 Å². The predicted octanol–water partition coefficient (Wildman–Crippen LogP) is 1.46. The lowest BCUT2D eigenvalue weighted by Gasteiger charge is -2.10. The van der Waals surface area contributed by atoms with Crippen LogP contribution in [-0.2, 0) is 11.3 Å². The van der Waals surface area contributed by atoms with E-state index in [2.05, 4.69) is 15.6 Å². The quantitative estimate of drug-likeness (QED) is 0.887. The van der Waals surface area contributed by atoms with Gasteiger partial charge in [0.15, 0.2) is 0 Å². The molecule has 0 spiro atoms. The summed E-state index contributed by atoms with van der Waals surface area (Å²) in [7, 11) is 0. The minimum atomic E-state index is 0. The first kappa shape index (κ1) is 17.2. The minimum absolute atomic E-state index is 0. The second-order valence-corrected chi connectivity index (χ2v) is 4.17. The summed E-state index contributed by atoms with van der Waals surface area (Å²) in [6.45, 7) is 4.28. The number of nitrogens with one attached hydrogen (secondary N) is 2. The number of rotatable bonds is 3. The molecule has 1 aromatic heterocycles. The third-order valence-electron chi connectivity index (χ3n) is 2.98. The van der Waals surface area contributed by atoms with Gasteiger partial charge in [-0.3, -0.25) is 9.78 Å². The van der Waals surface area contributed by atoms with E-state index < -0.39 is 0 Å². The van der Waals surface area contributed by atoms with Gasteiger partial charge in [-0.1, -0.05) is 6.07 Å². The Morgan fingerprint density at radius 2 is 2.33 bits per heavy atom. The minimum Gasteiger partial charge on any atom is -0.350 e. The van der Waals surface area contributed by atoms with Gasteiger partial charge in [-0.25, -0.2) is 0 Å². The second-order valence-electron chi connectivity index (χ2n) is 4.17. The summed E-state index contributed by atoms with van der Waals surface area (Å²) in [6, 6.07) is 3.91. The fraction of sp³-hybridized carbons (Fsp3) is 0.500. The van der Waals surface area contributed by atoms with Crippen LogP contribution in [0, 0.1) is 12.8 Å². The van der Waals surface area contributed by atoms with Crippen LogP contribution in [-0.4, -0.2) is 24.0 Å². The lowest BCUT2D eigenvalue weighted by atomic mass is 10.1. The van der Waals surface area contributed by atoms with Crippen molar-refractivity contribution in [1.82, 2.24) is 15.6 Å². The zero-order chi connectivity index (χ0) is 11.4. The maximum Gasteiger partial charge on any atom is 0.224 e. The third kappa shape index (κ3) is 4.44. The first-order valence-corrected chi connectivity index (χ1v) is 5.66. The number of carbonyl (C=O) groups excluding carboxylic acids is 1. The highest BCUT2D eigenvalue weighted by atomic mass is 35.5. The van der Waals surface area contributed by atoms with Crippen LogP contribution in [0.5, 0.6) is 0 Å². The molecule has 1 aliphatic heterocycles. The molecule has 1 atom stereocenters. The van der Waals surface area contributed by atoms with Gasteiger partial charge in [-0.05, 0) is 31.5 Å². The topological polar surface area (TPSA) is 54.0 Å². The molecule has 0 aliphatic carbocycles. The van der Waals surface area contributed by atoms with Crippen molar-refractivity contribution < 1.29 is 4.79 Å². The largest absolute Gasteiger partial charge is 0.350 e. The molecule has 0 saturated carbocycles. The number of hydrogen-bond donors (Lipinski definition) is 2. The maximum absolute atomic E-state index is 11.8. The summed E-state index contributed by atoms with van der Waals surface area (Å²) in [5.41, 5.74) is 2.06. The number of nitrogens with zero attached hydrogens (tertiary/aromatic N) is 1. The standard InChI is InChI=1S/C12H17N3O.2ClH/c1-9-3-2-5-14-11(9)8-15-12(16)10-4-6-13-7-10;;/h2-3,5,10,13H,4,6-8H2,1H3,(H,15,16);2*1H. The van der Waals surface area contributed by atoms with Crippen LogP contribution in [0.15, 0.2) is 18.3 Å². The average molecular weight is 292 g/mol. The molecule has 2 N–H and O–H groups in total. The summed E-state index contributed by atoms with van der Waals surface area (Å²) in [5.74, 6) is 0.263. The first-order valence-electron chi connectivity index (χ1n) is 5.66. The number of aryl methyl sites for hydroxylation is 1. The van der Waals surface area contributed by atoms with Gasteiger partial charge in [0, 0.05) is 12.7 Å². The number of amides is 1. The molecular weight excluding hydrogens is 273 g/mol. The Bertz CT molecular complexity index is 381. The fourth-order valence-corrected chi connectivity index (χ4v) is 1.90. The summed E-state index contributed by atoms with van der Waals surface area (Å²) in [4.78, 5) is 16.0. The molecule has 2 heterocycles. The summed E-state index contributed by atoms with van der Waals surface area (Å²) < 4.78 is 0.